The molecule has 5 N–H and O–H groups in total. The lowest BCUT2D eigenvalue weighted by atomic mass is 9.89. The Morgan fingerprint density at radius 1 is 1.06 bits per heavy atom. The first-order valence-corrected chi connectivity index (χ1v) is 15.6. The second-order valence-electron chi connectivity index (χ2n) is 11.5. The third-order valence-electron chi connectivity index (χ3n) is 7.55. The molecule has 4 aromatic rings. The number of carbonyl (C=O) groups is 3. The van der Waals surface area contributed by atoms with Crippen LogP contribution in [0.15, 0.2) is 49.1 Å². The van der Waals surface area contributed by atoms with Crippen molar-refractivity contribution in [3.8, 4) is 23.1 Å². The maximum absolute atomic E-state index is 13.0. The third-order valence-corrected chi connectivity index (χ3v) is 7.86. The van der Waals surface area contributed by atoms with E-state index in [4.69, 9.17) is 41.9 Å². The van der Waals surface area contributed by atoms with Crippen molar-refractivity contribution < 1.29 is 55.7 Å². The van der Waals surface area contributed by atoms with Gasteiger partial charge in [0.15, 0.2) is 0 Å². The summed E-state index contributed by atoms with van der Waals surface area (Å²) in [6.45, 7) is 6.10. The Labute approximate surface area is 301 Å². The smallest absolute Gasteiger partial charge is 0.490 e. The highest BCUT2D eigenvalue weighted by Crippen LogP contribution is 2.31. The summed E-state index contributed by atoms with van der Waals surface area (Å²) in [5.74, 6) is -4.35. The van der Waals surface area contributed by atoms with Crippen LogP contribution < -0.4 is 20.7 Å². The second-order valence-corrected chi connectivity index (χ2v) is 11.9. The van der Waals surface area contributed by atoms with E-state index in [2.05, 4.69) is 38.3 Å². The predicted molar refractivity (Wildman–Crippen MR) is 176 cm³/mol. The van der Waals surface area contributed by atoms with Crippen LogP contribution in [0.2, 0.25) is 5.02 Å². The summed E-state index contributed by atoms with van der Waals surface area (Å²) >= 11 is 6.30. The highest BCUT2D eigenvalue weighted by Gasteiger charge is 2.39. The molecule has 0 aliphatic carbocycles. The molecule has 1 saturated heterocycles. The van der Waals surface area contributed by atoms with Gasteiger partial charge in [0.05, 0.1) is 52.1 Å². The standard InChI is InChI=1S/C28H29ClN8O2.2C2HF3O2/c1-18-4-3-5-22(29)25(18)27(38)35-28(2)6-9-36(10-7-28)24-16-32-23(15-33-24)21-12-20(39-11-8-30)17-37-26(21)19(13-31)14-34-37;2*3-2(4,5)1(6)7/h3-5,12,14-17H,6-11,30H2,1-2H3,(H,35,38);2*(H,6,7). The minimum atomic E-state index is -5.08. The zero-order valence-corrected chi connectivity index (χ0v) is 28.6. The fourth-order valence-electron chi connectivity index (χ4n) is 4.86. The van der Waals surface area contributed by atoms with Crippen molar-refractivity contribution in [1.29, 1.82) is 5.26 Å². The molecule has 0 bridgehead atoms. The number of carbonyl (C=O) groups excluding carboxylic acids is 1. The summed E-state index contributed by atoms with van der Waals surface area (Å²) in [7, 11) is 0. The van der Waals surface area contributed by atoms with Gasteiger partial charge in [-0.3, -0.25) is 9.78 Å². The van der Waals surface area contributed by atoms with Crippen LogP contribution >= 0.6 is 11.6 Å². The lowest BCUT2D eigenvalue weighted by molar-refractivity contribution is -0.193. The Bertz CT molecular complexity index is 1930. The normalized spacial score (nSPS) is 13.8. The van der Waals surface area contributed by atoms with Gasteiger partial charge in [-0.25, -0.2) is 19.1 Å². The van der Waals surface area contributed by atoms with Crippen LogP contribution in [-0.4, -0.2) is 91.8 Å². The third kappa shape index (κ3) is 11.2. The first kappa shape index (κ1) is 41.7. The van der Waals surface area contributed by atoms with Crippen LogP contribution in [0.25, 0.3) is 16.8 Å². The van der Waals surface area contributed by atoms with Crippen molar-refractivity contribution in [3.05, 3.63) is 70.8 Å². The number of aryl methyl sites for hydroxylation is 1. The van der Waals surface area contributed by atoms with Crippen molar-refractivity contribution in [1.82, 2.24) is 24.9 Å². The number of aromatic nitrogens is 4. The van der Waals surface area contributed by atoms with Crippen LogP contribution in [-0.2, 0) is 9.59 Å². The fourth-order valence-corrected chi connectivity index (χ4v) is 5.17. The fraction of sp³-hybridized carbons (Fsp3) is 0.344. The summed E-state index contributed by atoms with van der Waals surface area (Å²) < 4.78 is 70.8. The first-order chi connectivity index (χ1) is 24.7. The number of alkyl halides is 6. The summed E-state index contributed by atoms with van der Waals surface area (Å²) in [6, 6.07) is 9.47. The number of halogens is 7. The van der Waals surface area contributed by atoms with Gasteiger partial charge in [0.25, 0.3) is 5.91 Å². The van der Waals surface area contributed by atoms with Crippen LogP contribution in [0.3, 0.4) is 0 Å². The molecule has 14 nitrogen and oxygen atoms in total. The Balaban J connectivity index is 0.000000458. The number of fused-ring (bicyclic) bond motifs is 1. The Hall–Kier alpha value is -5.68. The number of amides is 1. The van der Waals surface area contributed by atoms with E-state index in [1.54, 1.807) is 29.2 Å². The van der Waals surface area contributed by atoms with Gasteiger partial charge in [0.1, 0.15) is 24.2 Å². The number of hydrogen-bond acceptors (Lipinski definition) is 10. The molecule has 1 aliphatic heterocycles. The number of nitrogens with one attached hydrogen (secondary N) is 1. The van der Waals surface area contributed by atoms with Gasteiger partial charge in [0, 0.05) is 30.7 Å². The van der Waals surface area contributed by atoms with Gasteiger partial charge in [0.2, 0.25) is 0 Å². The lowest BCUT2D eigenvalue weighted by Crippen LogP contribution is -2.53. The summed E-state index contributed by atoms with van der Waals surface area (Å²) in [5, 5.41) is 31.8. The highest BCUT2D eigenvalue weighted by molar-refractivity contribution is 6.34. The number of nitrogens with two attached hydrogens (primary N) is 1. The summed E-state index contributed by atoms with van der Waals surface area (Å²) in [5.41, 5.74) is 8.96. The number of hydrogen-bond donors (Lipinski definition) is 4. The number of aliphatic carboxylic acids is 2. The molecule has 0 unspecified atom stereocenters. The number of carboxylic acids is 2. The maximum Gasteiger partial charge on any atom is 0.490 e. The Morgan fingerprint density at radius 3 is 2.15 bits per heavy atom. The molecule has 53 heavy (non-hydrogen) atoms. The number of nitriles is 1. The van der Waals surface area contributed by atoms with Gasteiger partial charge >= 0.3 is 24.3 Å². The molecule has 284 valence electrons. The zero-order chi connectivity index (χ0) is 39.7. The molecule has 1 aromatic carbocycles. The van der Waals surface area contributed by atoms with Crippen LogP contribution in [0, 0.1) is 18.3 Å². The topological polar surface area (TPSA) is 209 Å². The molecule has 1 amide bonds. The van der Waals surface area contributed by atoms with Crippen molar-refractivity contribution in [2.45, 2.75) is 44.6 Å². The van der Waals surface area contributed by atoms with Crippen molar-refractivity contribution in [3.63, 3.8) is 0 Å². The van der Waals surface area contributed by atoms with E-state index in [-0.39, 0.29) is 11.4 Å². The molecule has 0 saturated carbocycles. The monoisotopic (exact) mass is 772 g/mol. The number of anilines is 1. The molecular formula is C32H31ClF6N8O6. The quantitative estimate of drug-likeness (QED) is 0.183. The number of pyridine rings is 1. The molecule has 1 aliphatic rings. The number of benzene rings is 1. The zero-order valence-electron chi connectivity index (χ0n) is 27.8. The second kappa shape index (κ2) is 17.2. The average Bonchev–Trinajstić information content (AvgIpc) is 3.50. The van der Waals surface area contributed by atoms with Gasteiger partial charge in [-0.2, -0.15) is 36.7 Å². The van der Waals surface area contributed by atoms with Crippen LogP contribution in [0.4, 0.5) is 32.2 Å². The van der Waals surface area contributed by atoms with Gasteiger partial charge in [-0.15, -0.1) is 0 Å². The molecule has 0 atom stereocenters. The lowest BCUT2D eigenvalue weighted by Gasteiger charge is -2.40. The predicted octanol–water partition coefficient (Wildman–Crippen LogP) is 5.02. The molecule has 4 heterocycles. The maximum atomic E-state index is 13.0. The first-order valence-electron chi connectivity index (χ1n) is 15.2. The van der Waals surface area contributed by atoms with Crippen molar-refractivity contribution in [2.75, 3.05) is 31.1 Å². The van der Waals surface area contributed by atoms with Gasteiger partial charge in [-0.05, 0) is 44.4 Å². The summed E-state index contributed by atoms with van der Waals surface area (Å²) in [4.78, 5) is 42.3. The Morgan fingerprint density at radius 2 is 1.66 bits per heavy atom. The molecule has 21 heteroatoms. The highest BCUT2D eigenvalue weighted by atomic mass is 35.5. The number of carboxylic acid groups (broad SMARTS) is 2. The van der Waals surface area contributed by atoms with E-state index in [9.17, 15) is 36.4 Å². The van der Waals surface area contributed by atoms with Gasteiger partial charge < -0.3 is 30.9 Å². The molecule has 3 aromatic heterocycles. The van der Waals surface area contributed by atoms with E-state index >= 15 is 0 Å². The molecular weight excluding hydrogens is 742 g/mol. The minimum Gasteiger partial charge on any atom is -0.491 e. The SMILES string of the molecule is Cc1cccc(Cl)c1C(=O)NC1(C)CCN(c2cnc(-c3cc(OCCN)cn4ncc(C#N)c34)cn2)CC1.O=C(O)C(F)(F)F.O=C(O)C(F)(F)F. The number of piperidine rings is 1. The summed E-state index contributed by atoms with van der Waals surface area (Å²) in [6.07, 6.45) is -2.02. The number of ether oxygens (including phenoxy) is 1. The van der Waals surface area contributed by atoms with Crippen LogP contribution in [0.5, 0.6) is 5.75 Å². The number of nitrogens with zero attached hydrogens (tertiary/aromatic N) is 6. The van der Waals surface area contributed by atoms with E-state index < -0.39 is 24.3 Å². The molecule has 0 radical (unpaired) electrons. The molecule has 0 spiro atoms. The Kier molecular flexibility index (Phi) is 13.6. The number of rotatable bonds is 7. The van der Waals surface area contributed by atoms with E-state index in [0.29, 0.717) is 64.9 Å². The minimum absolute atomic E-state index is 0.154. The van der Waals surface area contributed by atoms with E-state index in [0.717, 1.165) is 24.2 Å². The molecule has 5 rings (SSSR count). The van der Waals surface area contributed by atoms with Crippen molar-refractivity contribution >= 4 is 40.8 Å². The van der Waals surface area contributed by atoms with Crippen molar-refractivity contribution in [2.24, 2.45) is 5.73 Å². The van der Waals surface area contributed by atoms with E-state index in [1.807, 2.05) is 25.1 Å². The average molecular weight is 773 g/mol. The largest absolute Gasteiger partial charge is 0.491 e. The van der Waals surface area contributed by atoms with Crippen LogP contribution in [0.1, 0.15) is 41.3 Å². The van der Waals surface area contributed by atoms with E-state index in [1.165, 1.54) is 6.20 Å². The van der Waals surface area contributed by atoms with Gasteiger partial charge in [-0.1, -0.05) is 23.7 Å². The molecule has 1 fully saturated rings.